The molecule has 1 aromatic rings. The molecule has 0 aromatic heterocycles. The van der Waals surface area contributed by atoms with Gasteiger partial charge in [-0.25, -0.2) is 0 Å². The van der Waals surface area contributed by atoms with Gasteiger partial charge in [-0.05, 0) is 12.5 Å². The van der Waals surface area contributed by atoms with Crippen molar-refractivity contribution in [3.05, 3.63) is 22.7 Å². The van der Waals surface area contributed by atoms with E-state index in [1.54, 1.807) is 19.2 Å². The number of methoxy groups -OCH3 is 2. The lowest BCUT2D eigenvalue weighted by Gasteiger charge is -2.17. The third kappa shape index (κ3) is 2.77. The SMILES string of the molecule is COc1cc(OC)c(C2CC(C(=O)O)CN2)cc1Cl. The monoisotopic (exact) mass is 285 g/mol. The Labute approximate surface area is 116 Å². The number of hydrogen-bond donors (Lipinski definition) is 2. The van der Waals surface area contributed by atoms with Crippen LogP contribution in [-0.4, -0.2) is 31.8 Å². The van der Waals surface area contributed by atoms with Crippen LogP contribution in [0.2, 0.25) is 5.02 Å². The summed E-state index contributed by atoms with van der Waals surface area (Å²) in [5.74, 6) is 0.0176. The quantitative estimate of drug-likeness (QED) is 0.887. The van der Waals surface area contributed by atoms with Crippen molar-refractivity contribution in [2.45, 2.75) is 12.5 Å². The molecule has 0 amide bonds. The molecule has 2 atom stereocenters. The lowest BCUT2D eigenvalue weighted by molar-refractivity contribution is -0.141. The summed E-state index contributed by atoms with van der Waals surface area (Å²) in [5.41, 5.74) is 0.858. The largest absolute Gasteiger partial charge is 0.496 e. The maximum absolute atomic E-state index is 11.0. The van der Waals surface area contributed by atoms with Crippen molar-refractivity contribution >= 4 is 17.6 Å². The lowest BCUT2D eigenvalue weighted by Crippen LogP contribution is -2.17. The van der Waals surface area contributed by atoms with Crippen molar-refractivity contribution in [1.82, 2.24) is 5.32 Å². The smallest absolute Gasteiger partial charge is 0.307 e. The fourth-order valence-corrected chi connectivity index (χ4v) is 2.57. The second-order valence-corrected chi connectivity index (χ2v) is 4.87. The summed E-state index contributed by atoms with van der Waals surface area (Å²) in [4.78, 5) is 11.0. The standard InChI is InChI=1S/C13H16ClNO4/c1-18-11-5-12(19-2)9(14)4-8(11)10-3-7(6-15-10)13(16)17/h4-5,7,10,15H,3,6H2,1-2H3,(H,16,17). The predicted molar refractivity (Wildman–Crippen MR) is 71.0 cm³/mol. The van der Waals surface area contributed by atoms with E-state index < -0.39 is 5.97 Å². The van der Waals surface area contributed by atoms with Crippen LogP contribution >= 0.6 is 11.6 Å². The van der Waals surface area contributed by atoms with E-state index in [-0.39, 0.29) is 12.0 Å². The van der Waals surface area contributed by atoms with Crippen LogP contribution in [-0.2, 0) is 4.79 Å². The van der Waals surface area contributed by atoms with E-state index in [4.69, 9.17) is 26.2 Å². The third-order valence-corrected chi connectivity index (χ3v) is 3.66. The number of ether oxygens (including phenoxy) is 2. The summed E-state index contributed by atoms with van der Waals surface area (Å²) in [6.07, 6.45) is 0.522. The van der Waals surface area contributed by atoms with Crippen molar-refractivity contribution in [2.24, 2.45) is 5.92 Å². The molecule has 2 N–H and O–H groups in total. The van der Waals surface area contributed by atoms with E-state index in [2.05, 4.69) is 5.32 Å². The highest BCUT2D eigenvalue weighted by atomic mass is 35.5. The van der Waals surface area contributed by atoms with Gasteiger partial charge in [0.1, 0.15) is 11.5 Å². The zero-order chi connectivity index (χ0) is 14.0. The molecule has 1 aromatic carbocycles. The van der Waals surface area contributed by atoms with Crippen molar-refractivity contribution in [3.8, 4) is 11.5 Å². The summed E-state index contributed by atoms with van der Waals surface area (Å²) in [6, 6.07) is 3.41. The van der Waals surface area contributed by atoms with E-state index in [0.717, 1.165) is 5.56 Å². The summed E-state index contributed by atoms with van der Waals surface area (Å²) < 4.78 is 10.5. The minimum absolute atomic E-state index is 0.0699. The Morgan fingerprint density at radius 2 is 2.05 bits per heavy atom. The van der Waals surface area contributed by atoms with Gasteiger partial charge < -0.3 is 19.9 Å². The molecule has 1 saturated heterocycles. The van der Waals surface area contributed by atoms with Gasteiger partial charge in [-0.1, -0.05) is 11.6 Å². The van der Waals surface area contributed by atoms with Crippen LogP contribution in [0.3, 0.4) is 0 Å². The van der Waals surface area contributed by atoms with Gasteiger partial charge in [-0.15, -0.1) is 0 Å². The molecule has 0 spiro atoms. The van der Waals surface area contributed by atoms with Crippen molar-refractivity contribution in [1.29, 1.82) is 0 Å². The second-order valence-electron chi connectivity index (χ2n) is 4.46. The molecule has 0 radical (unpaired) electrons. The molecular weight excluding hydrogens is 270 g/mol. The van der Waals surface area contributed by atoms with E-state index >= 15 is 0 Å². The van der Waals surface area contributed by atoms with Crippen LogP contribution in [0.1, 0.15) is 18.0 Å². The fourth-order valence-electron chi connectivity index (χ4n) is 2.32. The van der Waals surface area contributed by atoms with Crippen LogP contribution in [0.5, 0.6) is 11.5 Å². The average molecular weight is 286 g/mol. The normalized spacial score (nSPS) is 22.3. The maximum Gasteiger partial charge on any atom is 0.307 e. The average Bonchev–Trinajstić information content (AvgIpc) is 2.88. The molecule has 19 heavy (non-hydrogen) atoms. The van der Waals surface area contributed by atoms with Crippen molar-refractivity contribution in [3.63, 3.8) is 0 Å². The van der Waals surface area contributed by atoms with Crippen molar-refractivity contribution < 1.29 is 19.4 Å². The minimum atomic E-state index is -0.784. The zero-order valence-electron chi connectivity index (χ0n) is 10.8. The van der Waals surface area contributed by atoms with Gasteiger partial charge in [0.25, 0.3) is 0 Å². The molecule has 0 aliphatic carbocycles. The molecule has 104 valence electrons. The first-order chi connectivity index (χ1) is 9.06. The van der Waals surface area contributed by atoms with Gasteiger partial charge >= 0.3 is 5.97 Å². The third-order valence-electron chi connectivity index (χ3n) is 3.36. The number of carboxylic acid groups (broad SMARTS) is 1. The maximum atomic E-state index is 11.0. The Hall–Kier alpha value is -1.46. The van der Waals surface area contributed by atoms with E-state index in [9.17, 15) is 4.79 Å². The molecule has 6 heteroatoms. The molecule has 1 aliphatic heterocycles. The number of halogens is 1. The van der Waals surface area contributed by atoms with Gasteiger partial charge in [0.2, 0.25) is 0 Å². The van der Waals surface area contributed by atoms with Crippen molar-refractivity contribution in [2.75, 3.05) is 20.8 Å². The highest BCUT2D eigenvalue weighted by Crippen LogP contribution is 2.39. The molecule has 0 bridgehead atoms. The molecule has 1 fully saturated rings. The molecule has 1 aliphatic rings. The van der Waals surface area contributed by atoms with Gasteiger partial charge in [0, 0.05) is 24.2 Å². The zero-order valence-corrected chi connectivity index (χ0v) is 11.5. The summed E-state index contributed by atoms with van der Waals surface area (Å²) >= 11 is 6.11. The van der Waals surface area contributed by atoms with Gasteiger partial charge in [0.05, 0.1) is 25.2 Å². The van der Waals surface area contributed by atoms with Gasteiger partial charge in [-0.2, -0.15) is 0 Å². The first kappa shape index (κ1) is 14.0. The van der Waals surface area contributed by atoms with Gasteiger partial charge in [-0.3, -0.25) is 4.79 Å². The van der Waals surface area contributed by atoms with Crippen LogP contribution in [0, 0.1) is 5.92 Å². The van der Waals surface area contributed by atoms with Crippen LogP contribution in [0.25, 0.3) is 0 Å². The minimum Gasteiger partial charge on any atom is -0.496 e. The van der Waals surface area contributed by atoms with Crippen LogP contribution in [0.15, 0.2) is 12.1 Å². The Kier molecular flexibility index (Phi) is 4.17. The van der Waals surface area contributed by atoms with E-state index in [1.165, 1.54) is 7.11 Å². The Morgan fingerprint density at radius 3 is 2.58 bits per heavy atom. The molecule has 2 rings (SSSR count). The number of hydrogen-bond acceptors (Lipinski definition) is 4. The molecule has 1 heterocycles. The number of rotatable bonds is 4. The Morgan fingerprint density at radius 1 is 1.37 bits per heavy atom. The van der Waals surface area contributed by atoms with E-state index in [1.807, 2.05) is 0 Å². The summed E-state index contributed by atoms with van der Waals surface area (Å²) in [6.45, 7) is 0.451. The summed E-state index contributed by atoms with van der Waals surface area (Å²) in [5, 5.41) is 12.7. The summed E-state index contributed by atoms with van der Waals surface area (Å²) in [7, 11) is 3.10. The number of benzene rings is 1. The van der Waals surface area contributed by atoms with E-state index in [0.29, 0.717) is 29.5 Å². The topological polar surface area (TPSA) is 67.8 Å². The number of carboxylic acids is 1. The highest BCUT2D eigenvalue weighted by molar-refractivity contribution is 6.32. The predicted octanol–water partition coefficient (Wildman–Crippen LogP) is 2.09. The first-order valence-corrected chi connectivity index (χ1v) is 6.32. The lowest BCUT2D eigenvalue weighted by atomic mass is 9.99. The highest BCUT2D eigenvalue weighted by Gasteiger charge is 2.32. The fraction of sp³-hybridized carbons (Fsp3) is 0.462. The Bertz CT molecular complexity index is 492. The van der Waals surface area contributed by atoms with Crippen LogP contribution < -0.4 is 14.8 Å². The Balaban J connectivity index is 2.30. The number of carbonyl (C=O) groups is 1. The number of aliphatic carboxylic acids is 1. The first-order valence-electron chi connectivity index (χ1n) is 5.94. The van der Waals surface area contributed by atoms with Crippen LogP contribution in [0.4, 0.5) is 0 Å². The van der Waals surface area contributed by atoms with Gasteiger partial charge in [0.15, 0.2) is 0 Å². The second kappa shape index (κ2) is 5.67. The molecule has 5 nitrogen and oxygen atoms in total. The molecular formula is C13H16ClNO4. The molecule has 2 unspecified atom stereocenters. The molecule has 0 saturated carbocycles. The number of nitrogens with one attached hydrogen (secondary N) is 1.